The SMILES string of the molecule is COC(=O)[C@]12CCC(=O)C[C@@]1(O)COC2. The number of carbonyl (C=O) groups is 2. The highest BCUT2D eigenvalue weighted by molar-refractivity contribution is 5.87. The largest absolute Gasteiger partial charge is 0.468 e. The van der Waals surface area contributed by atoms with E-state index in [0.717, 1.165) is 0 Å². The first kappa shape index (κ1) is 10.6. The monoisotopic (exact) mass is 214 g/mol. The molecule has 2 fully saturated rings. The molecule has 2 aliphatic rings. The lowest BCUT2D eigenvalue weighted by Gasteiger charge is -2.40. The van der Waals surface area contributed by atoms with Gasteiger partial charge in [0.15, 0.2) is 0 Å². The summed E-state index contributed by atoms with van der Waals surface area (Å²) in [6.45, 7) is 0.178. The van der Waals surface area contributed by atoms with Crippen LogP contribution in [0.3, 0.4) is 0 Å². The molecule has 1 N–H and O–H groups in total. The Balaban J connectivity index is 2.36. The van der Waals surface area contributed by atoms with Crippen LogP contribution < -0.4 is 0 Å². The lowest BCUT2D eigenvalue weighted by molar-refractivity contribution is -0.172. The van der Waals surface area contributed by atoms with Gasteiger partial charge in [-0.1, -0.05) is 0 Å². The second kappa shape index (κ2) is 3.28. The summed E-state index contributed by atoms with van der Waals surface area (Å²) < 4.78 is 9.87. The molecule has 0 unspecified atom stereocenters. The van der Waals surface area contributed by atoms with Gasteiger partial charge in [-0.15, -0.1) is 0 Å². The summed E-state index contributed by atoms with van der Waals surface area (Å²) in [5.74, 6) is -0.502. The molecule has 2 atom stereocenters. The third-order valence-corrected chi connectivity index (χ3v) is 3.48. The van der Waals surface area contributed by atoms with Gasteiger partial charge >= 0.3 is 5.97 Å². The predicted octanol–water partition coefficient (Wildman–Crippen LogP) is -0.340. The zero-order valence-electron chi connectivity index (χ0n) is 8.62. The second-order valence-electron chi connectivity index (χ2n) is 4.31. The molecule has 0 amide bonds. The summed E-state index contributed by atoms with van der Waals surface area (Å²) in [5.41, 5.74) is -2.40. The van der Waals surface area contributed by atoms with Crippen molar-refractivity contribution in [2.45, 2.75) is 24.9 Å². The van der Waals surface area contributed by atoms with Gasteiger partial charge in [0.05, 0.1) is 20.3 Å². The Morgan fingerprint density at radius 2 is 2.27 bits per heavy atom. The number of aliphatic hydroxyl groups is 1. The Labute approximate surface area is 87.4 Å². The number of carbonyl (C=O) groups excluding carboxylic acids is 2. The van der Waals surface area contributed by atoms with Crippen molar-refractivity contribution in [3.63, 3.8) is 0 Å². The Kier molecular flexibility index (Phi) is 2.31. The van der Waals surface area contributed by atoms with Gasteiger partial charge in [-0.25, -0.2) is 0 Å². The van der Waals surface area contributed by atoms with Crippen LogP contribution >= 0.6 is 0 Å². The fraction of sp³-hybridized carbons (Fsp3) is 0.800. The molecular formula is C10H14O5. The van der Waals surface area contributed by atoms with Crippen LogP contribution in [-0.4, -0.2) is 42.8 Å². The maximum Gasteiger partial charge on any atom is 0.317 e. The molecule has 0 aromatic rings. The van der Waals surface area contributed by atoms with Crippen molar-refractivity contribution in [3.8, 4) is 0 Å². The van der Waals surface area contributed by atoms with Gasteiger partial charge in [-0.2, -0.15) is 0 Å². The Bertz CT molecular complexity index is 313. The fourth-order valence-electron chi connectivity index (χ4n) is 2.51. The molecule has 15 heavy (non-hydrogen) atoms. The summed E-state index contributed by atoms with van der Waals surface area (Å²) in [7, 11) is 1.28. The maximum atomic E-state index is 11.7. The van der Waals surface area contributed by atoms with Crippen molar-refractivity contribution in [2.75, 3.05) is 20.3 Å². The number of Topliss-reactive ketones (excluding diaryl/α,β-unsaturated/α-hetero) is 1. The van der Waals surface area contributed by atoms with Crippen LogP contribution in [-0.2, 0) is 19.1 Å². The van der Waals surface area contributed by atoms with E-state index in [1.807, 2.05) is 0 Å². The zero-order valence-corrected chi connectivity index (χ0v) is 8.62. The number of ketones is 1. The highest BCUT2D eigenvalue weighted by Crippen LogP contribution is 2.48. The minimum atomic E-state index is -1.37. The molecule has 5 nitrogen and oxygen atoms in total. The van der Waals surface area contributed by atoms with E-state index in [-0.39, 0.29) is 25.4 Å². The smallest absolute Gasteiger partial charge is 0.317 e. The number of ether oxygens (including phenoxy) is 2. The van der Waals surface area contributed by atoms with E-state index in [1.54, 1.807) is 0 Å². The highest BCUT2D eigenvalue weighted by atomic mass is 16.5. The van der Waals surface area contributed by atoms with E-state index in [9.17, 15) is 14.7 Å². The van der Waals surface area contributed by atoms with Crippen LogP contribution in [0.2, 0.25) is 0 Å². The minimum Gasteiger partial charge on any atom is -0.468 e. The van der Waals surface area contributed by atoms with Crippen LogP contribution in [0.25, 0.3) is 0 Å². The van der Waals surface area contributed by atoms with Crippen molar-refractivity contribution in [1.29, 1.82) is 0 Å². The molecule has 1 saturated heterocycles. The highest BCUT2D eigenvalue weighted by Gasteiger charge is 2.63. The van der Waals surface area contributed by atoms with E-state index in [4.69, 9.17) is 9.47 Å². The van der Waals surface area contributed by atoms with Gasteiger partial charge in [-0.3, -0.25) is 9.59 Å². The molecule has 0 radical (unpaired) electrons. The van der Waals surface area contributed by atoms with Gasteiger partial charge in [-0.05, 0) is 6.42 Å². The molecule has 0 aromatic carbocycles. The normalized spacial score (nSPS) is 40.0. The lowest BCUT2D eigenvalue weighted by atomic mass is 9.64. The minimum absolute atomic E-state index is 0.0118. The maximum absolute atomic E-state index is 11.7. The van der Waals surface area contributed by atoms with E-state index in [1.165, 1.54) is 7.11 Å². The molecule has 1 aliphatic heterocycles. The van der Waals surface area contributed by atoms with E-state index in [0.29, 0.717) is 12.8 Å². The summed E-state index contributed by atoms with van der Waals surface area (Å²) in [5, 5.41) is 10.3. The number of hydrogen-bond acceptors (Lipinski definition) is 5. The Hall–Kier alpha value is -0.940. The molecule has 0 aromatic heterocycles. The predicted molar refractivity (Wildman–Crippen MR) is 49.1 cm³/mol. The molecule has 84 valence electrons. The number of fused-ring (bicyclic) bond motifs is 1. The number of hydrogen-bond donors (Lipinski definition) is 1. The molecular weight excluding hydrogens is 200 g/mol. The Morgan fingerprint density at radius 3 is 2.93 bits per heavy atom. The summed E-state index contributed by atoms with van der Waals surface area (Å²) in [6.07, 6.45) is 0.609. The van der Waals surface area contributed by atoms with Crippen molar-refractivity contribution < 1.29 is 24.2 Å². The number of methoxy groups -OCH3 is 1. The lowest BCUT2D eigenvalue weighted by Crippen LogP contribution is -2.56. The fourth-order valence-corrected chi connectivity index (χ4v) is 2.51. The van der Waals surface area contributed by atoms with Gasteiger partial charge in [0, 0.05) is 12.8 Å². The Morgan fingerprint density at radius 1 is 1.53 bits per heavy atom. The van der Waals surface area contributed by atoms with E-state index < -0.39 is 17.0 Å². The van der Waals surface area contributed by atoms with Gasteiger partial charge in [0.1, 0.15) is 16.8 Å². The first-order valence-electron chi connectivity index (χ1n) is 4.94. The van der Waals surface area contributed by atoms with Gasteiger partial charge in [0.2, 0.25) is 0 Å². The first-order chi connectivity index (χ1) is 7.04. The van der Waals surface area contributed by atoms with Crippen molar-refractivity contribution in [3.05, 3.63) is 0 Å². The number of rotatable bonds is 1. The molecule has 1 saturated carbocycles. The summed E-state index contributed by atoms with van der Waals surface area (Å²) in [4.78, 5) is 23.0. The molecule has 0 bridgehead atoms. The van der Waals surface area contributed by atoms with Crippen LogP contribution in [0.1, 0.15) is 19.3 Å². The third-order valence-electron chi connectivity index (χ3n) is 3.48. The molecule has 1 aliphatic carbocycles. The molecule has 2 rings (SSSR count). The average Bonchev–Trinajstić information content (AvgIpc) is 2.54. The van der Waals surface area contributed by atoms with Crippen molar-refractivity contribution in [2.24, 2.45) is 5.41 Å². The third kappa shape index (κ3) is 1.30. The van der Waals surface area contributed by atoms with Crippen LogP contribution in [0.4, 0.5) is 0 Å². The summed E-state index contributed by atoms with van der Waals surface area (Å²) in [6, 6.07) is 0. The number of esters is 1. The molecule has 0 spiro atoms. The van der Waals surface area contributed by atoms with Gasteiger partial charge < -0.3 is 14.6 Å². The standard InChI is InChI=1S/C10H14O5/c1-14-8(12)9-3-2-7(11)4-10(9,13)6-15-5-9/h13H,2-6H2,1H3/t9-,10-/m1/s1. The molecule has 5 heteroatoms. The van der Waals surface area contributed by atoms with E-state index >= 15 is 0 Å². The van der Waals surface area contributed by atoms with Crippen LogP contribution in [0.5, 0.6) is 0 Å². The summed E-state index contributed by atoms with van der Waals surface area (Å²) >= 11 is 0. The van der Waals surface area contributed by atoms with Crippen LogP contribution in [0, 0.1) is 5.41 Å². The second-order valence-corrected chi connectivity index (χ2v) is 4.31. The van der Waals surface area contributed by atoms with E-state index in [2.05, 4.69) is 0 Å². The molecule has 1 heterocycles. The van der Waals surface area contributed by atoms with Crippen LogP contribution in [0.15, 0.2) is 0 Å². The van der Waals surface area contributed by atoms with Gasteiger partial charge in [0.25, 0.3) is 0 Å². The van der Waals surface area contributed by atoms with Crippen molar-refractivity contribution in [1.82, 2.24) is 0 Å². The quantitative estimate of drug-likeness (QED) is 0.604. The zero-order chi connectivity index (χ0) is 11.1. The first-order valence-corrected chi connectivity index (χ1v) is 4.94. The van der Waals surface area contributed by atoms with Crippen molar-refractivity contribution >= 4 is 11.8 Å². The topological polar surface area (TPSA) is 72.8 Å². The average molecular weight is 214 g/mol.